The SMILES string of the molecule is Cc1ccc2c(c1)N(C(=O)Cn1cccc(S(=O)(=O)N3CCC(C)CC3)c1=O)CCO2. The van der Waals surface area contributed by atoms with Gasteiger partial charge in [0.15, 0.2) is 0 Å². The lowest BCUT2D eigenvalue weighted by Crippen LogP contribution is -2.43. The minimum Gasteiger partial charge on any atom is -0.490 e. The van der Waals surface area contributed by atoms with Crippen LogP contribution in [0.1, 0.15) is 25.3 Å². The van der Waals surface area contributed by atoms with Crippen molar-refractivity contribution >= 4 is 21.6 Å². The Labute approximate surface area is 182 Å². The highest BCUT2D eigenvalue weighted by Gasteiger charge is 2.31. The number of aryl methyl sites for hydroxylation is 1. The Kier molecular flexibility index (Phi) is 5.90. The van der Waals surface area contributed by atoms with Crippen molar-refractivity contribution in [3.8, 4) is 5.75 Å². The van der Waals surface area contributed by atoms with Gasteiger partial charge >= 0.3 is 0 Å². The largest absolute Gasteiger partial charge is 0.490 e. The van der Waals surface area contributed by atoms with Crippen molar-refractivity contribution in [1.29, 1.82) is 0 Å². The first-order valence-electron chi connectivity index (χ1n) is 10.5. The van der Waals surface area contributed by atoms with Gasteiger partial charge in [-0.25, -0.2) is 8.42 Å². The summed E-state index contributed by atoms with van der Waals surface area (Å²) in [5.74, 6) is 0.795. The Morgan fingerprint density at radius 2 is 1.90 bits per heavy atom. The summed E-state index contributed by atoms with van der Waals surface area (Å²) in [6, 6.07) is 8.43. The van der Waals surface area contributed by atoms with Crippen molar-refractivity contribution in [3.63, 3.8) is 0 Å². The first-order chi connectivity index (χ1) is 14.8. The third kappa shape index (κ3) is 4.24. The fourth-order valence-corrected chi connectivity index (χ4v) is 5.58. The molecule has 2 aromatic rings. The highest BCUT2D eigenvalue weighted by Crippen LogP contribution is 2.32. The molecule has 0 bridgehead atoms. The molecule has 0 N–H and O–H groups in total. The highest BCUT2D eigenvalue weighted by atomic mass is 32.2. The number of carbonyl (C=O) groups is 1. The van der Waals surface area contributed by atoms with Crippen molar-refractivity contribution in [1.82, 2.24) is 8.87 Å². The van der Waals surface area contributed by atoms with Gasteiger partial charge in [-0.15, -0.1) is 0 Å². The standard InChI is InChI=1S/C22H27N3O5S/c1-16-7-10-24(11-8-16)31(28,29)20-4-3-9-23(22(20)27)15-21(26)25-12-13-30-19-6-5-17(2)14-18(19)25/h3-6,9,14,16H,7-8,10-13,15H2,1-2H3. The molecule has 2 aliphatic rings. The molecule has 1 fully saturated rings. The van der Waals surface area contributed by atoms with E-state index in [1.165, 1.54) is 27.2 Å². The summed E-state index contributed by atoms with van der Waals surface area (Å²) in [4.78, 5) is 27.4. The third-order valence-corrected chi connectivity index (χ3v) is 7.84. The number of ether oxygens (including phenoxy) is 1. The molecule has 2 aliphatic heterocycles. The monoisotopic (exact) mass is 445 g/mol. The Morgan fingerprint density at radius 1 is 1.16 bits per heavy atom. The van der Waals surface area contributed by atoms with Gasteiger partial charge in [-0.1, -0.05) is 13.0 Å². The van der Waals surface area contributed by atoms with E-state index in [1.54, 1.807) is 4.90 Å². The molecular weight excluding hydrogens is 418 g/mol. The van der Waals surface area contributed by atoms with Crippen molar-refractivity contribution < 1.29 is 17.9 Å². The molecule has 4 rings (SSSR count). The summed E-state index contributed by atoms with van der Waals surface area (Å²) >= 11 is 0. The average molecular weight is 446 g/mol. The lowest BCUT2D eigenvalue weighted by Gasteiger charge is -2.30. The number of anilines is 1. The van der Waals surface area contributed by atoms with Crippen LogP contribution < -0.4 is 15.2 Å². The average Bonchev–Trinajstić information content (AvgIpc) is 2.74. The first-order valence-corrected chi connectivity index (χ1v) is 11.9. The lowest BCUT2D eigenvalue weighted by atomic mass is 10.0. The zero-order valence-electron chi connectivity index (χ0n) is 17.8. The maximum absolute atomic E-state index is 13.1. The van der Waals surface area contributed by atoms with Crippen molar-refractivity contribution in [3.05, 3.63) is 52.4 Å². The van der Waals surface area contributed by atoms with Gasteiger partial charge in [-0.3, -0.25) is 9.59 Å². The maximum atomic E-state index is 13.1. The van der Waals surface area contributed by atoms with Gasteiger partial charge in [0.1, 0.15) is 23.8 Å². The van der Waals surface area contributed by atoms with E-state index in [9.17, 15) is 18.0 Å². The molecular formula is C22H27N3O5S. The van der Waals surface area contributed by atoms with E-state index in [2.05, 4.69) is 6.92 Å². The van der Waals surface area contributed by atoms with Crippen LogP contribution in [-0.4, -0.2) is 49.4 Å². The summed E-state index contributed by atoms with van der Waals surface area (Å²) in [6.07, 6.45) is 3.00. The van der Waals surface area contributed by atoms with Crippen LogP contribution in [0.5, 0.6) is 5.75 Å². The van der Waals surface area contributed by atoms with Gasteiger partial charge < -0.3 is 14.2 Å². The highest BCUT2D eigenvalue weighted by molar-refractivity contribution is 7.89. The first kappa shape index (κ1) is 21.6. The van der Waals surface area contributed by atoms with Gasteiger partial charge in [0, 0.05) is 19.3 Å². The number of rotatable bonds is 4. The van der Waals surface area contributed by atoms with Gasteiger partial charge in [0.2, 0.25) is 15.9 Å². The van der Waals surface area contributed by atoms with Crippen LogP contribution in [0, 0.1) is 12.8 Å². The Bertz CT molecular complexity index is 1150. The van der Waals surface area contributed by atoms with E-state index in [-0.39, 0.29) is 17.3 Å². The number of sulfonamides is 1. The van der Waals surface area contributed by atoms with E-state index in [0.717, 1.165) is 18.4 Å². The van der Waals surface area contributed by atoms with Crippen LogP contribution in [-0.2, 0) is 21.4 Å². The number of benzene rings is 1. The molecule has 3 heterocycles. The molecule has 1 amide bonds. The predicted octanol–water partition coefficient (Wildman–Crippen LogP) is 2.00. The van der Waals surface area contributed by atoms with Crippen LogP contribution in [0.15, 0.2) is 46.2 Å². The van der Waals surface area contributed by atoms with Crippen LogP contribution in [0.3, 0.4) is 0 Å². The summed E-state index contributed by atoms with van der Waals surface area (Å²) in [5, 5.41) is 0. The summed E-state index contributed by atoms with van der Waals surface area (Å²) < 4.78 is 34.3. The van der Waals surface area contributed by atoms with Crippen molar-refractivity contribution in [2.45, 2.75) is 38.1 Å². The van der Waals surface area contributed by atoms with E-state index in [1.807, 2.05) is 25.1 Å². The molecule has 166 valence electrons. The van der Waals surface area contributed by atoms with Gasteiger partial charge in [0.25, 0.3) is 5.56 Å². The van der Waals surface area contributed by atoms with E-state index in [0.29, 0.717) is 43.6 Å². The van der Waals surface area contributed by atoms with E-state index >= 15 is 0 Å². The minimum atomic E-state index is -3.90. The normalized spacial score (nSPS) is 17.8. The quantitative estimate of drug-likeness (QED) is 0.718. The molecule has 1 saturated heterocycles. The zero-order chi connectivity index (χ0) is 22.2. The van der Waals surface area contributed by atoms with Crippen LogP contribution in [0.2, 0.25) is 0 Å². The molecule has 9 heteroatoms. The number of nitrogens with zero attached hydrogens (tertiary/aromatic N) is 3. The number of amides is 1. The second-order valence-corrected chi connectivity index (χ2v) is 10.2. The van der Waals surface area contributed by atoms with Crippen LogP contribution in [0.4, 0.5) is 5.69 Å². The second kappa shape index (κ2) is 8.47. The molecule has 0 radical (unpaired) electrons. The number of pyridine rings is 1. The van der Waals surface area contributed by atoms with Gasteiger partial charge in [-0.2, -0.15) is 4.31 Å². The Balaban J connectivity index is 1.59. The number of hydrogen-bond acceptors (Lipinski definition) is 5. The van der Waals surface area contributed by atoms with Crippen molar-refractivity contribution in [2.75, 3.05) is 31.1 Å². The molecule has 31 heavy (non-hydrogen) atoms. The minimum absolute atomic E-state index is 0.243. The molecule has 0 spiro atoms. The second-order valence-electron chi connectivity index (χ2n) is 8.26. The molecule has 1 aromatic carbocycles. The van der Waals surface area contributed by atoms with Crippen LogP contribution in [0.25, 0.3) is 0 Å². The number of aromatic nitrogens is 1. The van der Waals surface area contributed by atoms with Crippen molar-refractivity contribution in [2.24, 2.45) is 5.92 Å². The summed E-state index contributed by atoms with van der Waals surface area (Å²) in [6.45, 7) is 5.31. The molecule has 0 unspecified atom stereocenters. The smallest absolute Gasteiger partial charge is 0.271 e. The fourth-order valence-electron chi connectivity index (χ4n) is 4.02. The molecule has 8 nitrogen and oxygen atoms in total. The van der Waals surface area contributed by atoms with Gasteiger partial charge in [0.05, 0.1) is 12.2 Å². The lowest BCUT2D eigenvalue weighted by molar-refractivity contribution is -0.119. The predicted molar refractivity (Wildman–Crippen MR) is 117 cm³/mol. The van der Waals surface area contributed by atoms with E-state index < -0.39 is 15.6 Å². The molecule has 0 aliphatic carbocycles. The third-order valence-electron chi connectivity index (χ3n) is 5.93. The molecule has 1 aromatic heterocycles. The topological polar surface area (TPSA) is 88.9 Å². The Morgan fingerprint density at radius 3 is 2.65 bits per heavy atom. The fraction of sp³-hybridized carbons (Fsp3) is 0.455. The van der Waals surface area contributed by atoms with Gasteiger partial charge in [-0.05, 0) is 55.5 Å². The Hall–Kier alpha value is -2.65. The number of piperidine rings is 1. The molecule has 0 saturated carbocycles. The summed E-state index contributed by atoms with van der Waals surface area (Å²) in [7, 11) is -3.90. The maximum Gasteiger partial charge on any atom is 0.271 e. The van der Waals surface area contributed by atoms with Crippen LogP contribution >= 0.6 is 0 Å². The zero-order valence-corrected chi connectivity index (χ0v) is 18.6. The number of fused-ring (bicyclic) bond motifs is 1. The van der Waals surface area contributed by atoms with E-state index in [4.69, 9.17) is 4.74 Å². The molecule has 0 atom stereocenters. The number of carbonyl (C=O) groups excluding carboxylic acids is 1. The summed E-state index contributed by atoms with van der Waals surface area (Å²) in [5.41, 5.74) is 0.978. The number of hydrogen-bond donors (Lipinski definition) is 0.